The number of hydrogen-bond donors (Lipinski definition) is 1. The third kappa shape index (κ3) is 3.08. The molecule has 0 amide bonds. The molecule has 0 saturated heterocycles. The summed E-state index contributed by atoms with van der Waals surface area (Å²) in [5, 5.41) is 10.2. The summed E-state index contributed by atoms with van der Waals surface area (Å²) >= 11 is 0. The van der Waals surface area contributed by atoms with Crippen molar-refractivity contribution in [1.29, 1.82) is 0 Å². The Balaban J connectivity index is 2.08. The van der Waals surface area contributed by atoms with E-state index in [1.54, 1.807) is 36.7 Å². The second-order valence-electron chi connectivity index (χ2n) is 5.85. The molecule has 3 aromatic rings. The Morgan fingerprint density at radius 1 is 1.00 bits per heavy atom. The minimum Gasteiger partial charge on any atom is -0.507 e. The summed E-state index contributed by atoms with van der Waals surface area (Å²) in [6.07, 6.45) is 1.33. The van der Waals surface area contributed by atoms with Gasteiger partial charge in [-0.1, -0.05) is 42.5 Å². The Kier molecular flexibility index (Phi) is 4.47. The molecule has 1 heterocycles. The van der Waals surface area contributed by atoms with E-state index < -0.39 is 0 Å². The molecule has 0 saturated carbocycles. The van der Waals surface area contributed by atoms with Crippen LogP contribution in [0.3, 0.4) is 0 Å². The van der Waals surface area contributed by atoms with Crippen LogP contribution in [0.2, 0.25) is 0 Å². The van der Waals surface area contributed by atoms with Crippen molar-refractivity contribution in [2.24, 2.45) is 7.05 Å². The van der Waals surface area contributed by atoms with Crippen molar-refractivity contribution in [3.63, 3.8) is 0 Å². The van der Waals surface area contributed by atoms with Crippen LogP contribution >= 0.6 is 0 Å². The van der Waals surface area contributed by atoms with Gasteiger partial charge in [-0.15, -0.1) is 0 Å². The van der Waals surface area contributed by atoms with E-state index in [1.807, 2.05) is 36.4 Å². The molecule has 0 atom stereocenters. The summed E-state index contributed by atoms with van der Waals surface area (Å²) in [5.74, 6) is 0.764. The molecular formula is C20H20N2O2. The van der Waals surface area contributed by atoms with E-state index in [9.17, 15) is 9.90 Å². The van der Waals surface area contributed by atoms with E-state index in [2.05, 4.69) is 4.98 Å². The lowest BCUT2D eigenvalue weighted by molar-refractivity contribution is 0.477. The van der Waals surface area contributed by atoms with Crippen LogP contribution in [-0.2, 0) is 19.9 Å². The van der Waals surface area contributed by atoms with Crippen LogP contribution in [0.15, 0.2) is 59.4 Å². The largest absolute Gasteiger partial charge is 0.507 e. The first-order valence-electron chi connectivity index (χ1n) is 7.96. The lowest BCUT2D eigenvalue weighted by Gasteiger charge is -2.13. The number of phenolic OH excluding ortho intramolecular Hbond substituents is 1. The Labute approximate surface area is 141 Å². The maximum absolute atomic E-state index is 12.8. The first kappa shape index (κ1) is 16.0. The number of hydrogen-bond acceptors (Lipinski definition) is 3. The van der Waals surface area contributed by atoms with Gasteiger partial charge in [-0.05, 0) is 37.5 Å². The van der Waals surface area contributed by atoms with Crippen molar-refractivity contribution >= 4 is 0 Å². The third-order valence-electron chi connectivity index (χ3n) is 4.27. The molecule has 24 heavy (non-hydrogen) atoms. The fourth-order valence-electron chi connectivity index (χ4n) is 2.79. The van der Waals surface area contributed by atoms with Crippen molar-refractivity contribution in [3.05, 3.63) is 81.9 Å². The zero-order valence-electron chi connectivity index (χ0n) is 13.9. The minimum atomic E-state index is -0.0586. The highest BCUT2D eigenvalue weighted by molar-refractivity contribution is 5.69. The number of para-hydroxylation sites is 1. The molecule has 0 aliphatic heterocycles. The SMILES string of the molecule is Cc1nc(-c2ccccc2O)c(CCc2ccccc2)c(=O)n1C. The highest BCUT2D eigenvalue weighted by Gasteiger charge is 2.16. The Hall–Kier alpha value is -2.88. The summed E-state index contributed by atoms with van der Waals surface area (Å²) in [4.78, 5) is 17.3. The standard InChI is InChI=1S/C20H20N2O2/c1-14-21-19(16-10-6-7-11-18(16)23)17(20(24)22(14)2)13-12-15-8-4-3-5-9-15/h3-11,23H,12-13H2,1-2H3. The van der Waals surface area contributed by atoms with Gasteiger partial charge in [0, 0.05) is 18.2 Å². The smallest absolute Gasteiger partial charge is 0.257 e. The van der Waals surface area contributed by atoms with Crippen LogP contribution in [0.25, 0.3) is 11.3 Å². The van der Waals surface area contributed by atoms with E-state index in [0.717, 1.165) is 6.42 Å². The summed E-state index contributed by atoms with van der Waals surface area (Å²) in [5.41, 5.74) is 2.92. The van der Waals surface area contributed by atoms with E-state index in [1.165, 1.54) is 5.56 Å². The van der Waals surface area contributed by atoms with E-state index in [0.29, 0.717) is 29.1 Å². The van der Waals surface area contributed by atoms with Crippen LogP contribution in [0.5, 0.6) is 5.75 Å². The minimum absolute atomic E-state index is 0.0586. The maximum atomic E-state index is 12.8. The number of aryl methyl sites for hydroxylation is 2. The van der Waals surface area contributed by atoms with E-state index in [-0.39, 0.29) is 11.3 Å². The Morgan fingerprint density at radius 3 is 2.38 bits per heavy atom. The van der Waals surface area contributed by atoms with Crippen LogP contribution in [0.4, 0.5) is 0 Å². The third-order valence-corrected chi connectivity index (χ3v) is 4.27. The number of rotatable bonds is 4. The summed E-state index contributed by atoms with van der Waals surface area (Å²) in [6, 6.07) is 17.1. The molecule has 1 aromatic heterocycles. The van der Waals surface area contributed by atoms with Gasteiger partial charge < -0.3 is 5.11 Å². The molecule has 0 aliphatic rings. The molecule has 0 unspecified atom stereocenters. The average molecular weight is 320 g/mol. The average Bonchev–Trinajstić information content (AvgIpc) is 2.60. The molecule has 0 spiro atoms. The van der Waals surface area contributed by atoms with Crippen LogP contribution in [0, 0.1) is 6.92 Å². The predicted octanol–water partition coefficient (Wildman–Crippen LogP) is 3.25. The number of aromatic hydroxyl groups is 1. The zero-order chi connectivity index (χ0) is 17.1. The maximum Gasteiger partial charge on any atom is 0.257 e. The van der Waals surface area contributed by atoms with Gasteiger partial charge >= 0.3 is 0 Å². The number of aromatic nitrogens is 2. The van der Waals surface area contributed by atoms with Crippen molar-refractivity contribution in [3.8, 4) is 17.0 Å². The molecule has 0 fully saturated rings. The van der Waals surface area contributed by atoms with Crippen molar-refractivity contribution in [1.82, 2.24) is 9.55 Å². The number of phenols is 1. The first-order chi connectivity index (χ1) is 11.6. The van der Waals surface area contributed by atoms with Crippen LogP contribution in [0.1, 0.15) is 17.0 Å². The second kappa shape index (κ2) is 6.71. The molecule has 1 N–H and O–H groups in total. The Morgan fingerprint density at radius 2 is 1.67 bits per heavy atom. The zero-order valence-corrected chi connectivity index (χ0v) is 13.9. The predicted molar refractivity (Wildman–Crippen MR) is 95.2 cm³/mol. The van der Waals surface area contributed by atoms with Crippen LogP contribution in [-0.4, -0.2) is 14.7 Å². The molecule has 0 radical (unpaired) electrons. The fourth-order valence-corrected chi connectivity index (χ4v) is 2.79. The van der Waals surface area contributed by atoms with E-state index >= 15 is 0 Å². The van der Waals surface area contributed by atoms with Gasteiger partial charge in [0.05, 0.1) is 5.69 Å². The highest BCUT2D eigenvalue weighted by Crippen LogP contribution is 2.29. The van der Waals surface area contributed by atoms with Gasteiger partial charge in [0.15, 0.2) is 0 Å². The summed E-state index contributed by atoms with van der Waals surface area (Å²) in [7, 11) is 1.73. The Bertz CT molecular complexity index is 915. The first-order valence-corrected chi connectivity index (χ1v) is 7.96. The molecule has 0 bridgehead atoms. The van der Waals surface area contributed by atoms with Crippen molar-refractivity contribution < 1.29 is 5.11 Å². The summed E-state index contributed by atoms with van der Waals surface area (Å²) in [6.45, 7) is 1.80. The van der Waals surface area contributed by atoms with Gasteiger partial charge in [-0.2, -0.15) is 0 Å². The second-order valence-corrected chi connectivity index (χ2v) is 5.85. The van der Waals surface area contributed by atoms with E-state index in [4.69, 9.17) is 0 Å². The molecule has 4 heteroatoms. The van der Waals surface area contributed by atoms with Gasteiger partial charge in [0.25, 0.3) is 5.56 Å². The number of nitrogens with zero attached hydrogens (tertiary/aromatic N) is 2. The topological polar surface area (TPSA) is 55.1 Å². The molecule has 2 aromatic carbocycles. The molecule has 0 aliphatic carbocycles. The quantitative estimate of drug-likeness (QED) is 0.803. The molecule has 122 valence electrons. The number of benzene rings is 2. The normalized spacial score (nSPS) is 10.8. The lowest BCUT2D eigenvalue weighted by Crippen LogP contribution is -2.26. The van der Waals surface area contributed by atoms with Gasteiger partial charge in [0.2, 0.25) is 0 Å². The summed E-state index contributed by atoms with van der Waals surface area (Å²) < 4.78 is 1.56. The highest BCUT2D eigenvalue weighted by atomic mass is 16.3. The molecule has 3 rings (SSSR count). The van der Waals surface area contributed by atoms with Crippen molar-refractivity contribution in [2.45, 2.75) is 19.8 Å². The molecular weight excluding hydrogens is 300 g/mol. The van der Waals surface area contributed by atoms with Crippen molar-refractivity contribution in [2.75, 3.05) is 0 Å². The lowest BCUT2D eigenvalue weighted by atomic mass is 9.99. The monoisotopic (exact) mass is 320 g/mol. The van der Waals surface area contributed by atoms with Gasteiger partial charge in [-0.3, -0.25) is 9.36 Å². The molecule has 4 nitrogen and oxygen atoms in total. The van der Waals surface area contributed by atoms with Gasteiger partial charge in [-0.25, -0.2) is 4.98 Å². The van der Waals surface area contributed by atoms with Gasteiger partial charge in [0.1, 0.15) is 11.6 Å². The van der Waals surface area contributed by atoms with Crippen LogP contribution < -0.4 is 5.56 Å². The fraction of sp³-hybridized carbons (Fsp3) is 0.200.